The molecular weight excluding hydrogens is 324 g/mol. The van der Waals surface area contributed by atoms with Crippen LogP contribution in [0.1, 0.15) is 29.9 Å². The number of nitrogens with one attached hydrogen (secondary N) is 1. The van der Waals surface area contributed by atoms with E-state index in [4.69, 9.17) is 0 Å². The van der Waals surface area contributed by atoms with Gasteiger partial charge in [-0.15, -0.1) is 0 Å². The topological polar surface area (TPSA) is 50.2 Å². The van der Waals surface area contributed by atoms with Crippen molar-refractivity contribution in [3.63, 3.8) is 0 Å². The molecule has 3 aromatic rings. The summed E-state index contributed by atoms with van der Waals surface area (Å²) in [6, 6.07) is 17.7. The van der Waals surface area contributed by atoms with Crippen molar-refractivity contribution in [1.29, 1.82) is 0 Å². The largest absolute Gasteiger partial charge is 0.372 e. The van der Waals surface area contributed by atoms with Gasteiger partial charge in [0.05, 0.1) is 23.1 Å². The lowest BCUT2D eigenvalue weighted by molar-refractivity contribution is 0.102. The monoisotopic (exact) mass is 348 g/mol. The highest BCUT2D eigenvalue weighted by Gasteiger charge is 2.15. The van der Waals surface area contributed by atoms with Crippen LogP contribution in [0.15, 0.2) is 60.8 Å². The molecule has 0 spiro atoms. The summed E-state index contributed by atoms with van der Waals surface area (Å²) in [5.41, 5.74) is 4.25. The smallest absolute Gasteiger partial charge is 0.259 e. The molecule has 2 aromatic carbocycles. The minimum absolute atomic E-state index is 0.153. The van der Waals surface area contributed by atoms with Gasteiger partial charge in [0.1, 0.15) is 0 Å². The van der Waals surface area contributed by atoms with Crippen LogP contribution in [0.25, 0.3) is 5.69 Å². The molecule has 0 aliphatic heterocycles. The molecule has 0 aliphatic rings. The molecule has 1 amide bonds. The molecular formula is C21H24N4O. The van der Waals surface area contributed by atoms with Crippen molar-refractivity contribution in [2.45, 2.75) is 20.8 Å². The molecule has 0 aliphatic carbocycles. The summed E-state index contributed by atoms with van der Waals surface area (Å²) in [5, 5.41) is 7.31. The van der Waals surface area contributed by atoms with Crippen LogP contribution in [0.5, 0.6) is 0 Å². The van der Waals surface area contributed by atoms with E-state index < -0.39 is 0 Å². The molecule has 0 radical (unpaired) electrons. The summed E-state index contributed by atoms with van der Waals surface area (Å²) in [7, 11) is 0. The number of amides is 1. The van der Waals surface area contributed by atoms with E-state index in [1.54, 1.807) is 10.9 Å². The molecule has 0 fully saturated rings. The van der Waals surface area contributed by atoms with Gasteiger partial charge < -0.3 is 10.2 Å². The van der Waals surface area contributed by atoms with Crippen LogP contribution < -0.4 is 10.2 Å². The van der Waals surface area contributed by atoms with Gasteiger partial charge in [0.2, 0.25) is 0 Å². The zero-order chi connectivity index (χ0) is 18.5. The third-order valence-electron chi connectivity index (χ3n) is 4.51. The molecule has 5 nitrogen and oxygen atoms in total. The number of anilines is 2. The first-order valence-corrected chi connectivity index (χ1v) is 8.90. The fraction of sp³-hybridized carbons (Fsp3) is 0.238. The summed E-state index contributed by atoms with van der Waals surface area (Å²) < 4.78 is 1.78. The Kier molecular flexibility index (Phi) is 5.37. The fourth-order valence-electron chi connectivity index (χ4n) is 3.00. The van der Waals surface area contributed by atoms with E-state index in [2.05, 4.69) is 29.2 Å². The van der Waals surface area contributed by atoms with Crippen LogP contribution in [-0.2, 0) is 0 Å². The second kappa shape index (κ2) is 7.87. The lowest BCUT2D eigenvalue weighted by Gasteiger charge is -2.21. The van der Waals surface area contributed by atoms with Crippen LogP contribution in [0.3, 0.4) is 0 Å². The van der Waals surface area contributed by atoms with E-state index in [-0.39, 0.29) is 5.91 Å². The standard InChI is InChI=1S/C21H24N4O/c1-4-24(5-2)18-13-11-17(12-14-18)23-21(26)20-15-22-25(16(20)3)19-9-7-6-8-10-19/h6-15H,4-5H2,1-3H3,(H,23,26). The SMILES string of the molecule is CCN(CC)c1ccc(NC(=O)c2cnn(-c3ccccc3)c2C)cc1. The Hall–Kier alpha value is -3.08. The third kappa shape index (κ3) is 3.61. The Morgan fingerprint density at radius 3 is 2.31 bits per heavy atom. The van der Waals surface area contributed by atoms with E-state index in [1.165, 1.54) is 0 Å². The molecule has 26 heavy (non-hydrogen) atoms. The third-order valence-corrected chi connectivity index (χ3v) is 4.51. The number of rotatable bonds is 6. The summed E-state index contributed by atoms with van der Waals surface area (Å²) in [5.74, 6) is -0.153. The van der Waals surface area contributed by atoms with Crippen molar-refractivity contribution in [3.8, 4) is 5.69 Å². The fourth-order valence-corrected chi connectivity index (χ4v) is 3.00. The van der Waals surface area contributed by atoms with Crippen LogP contribution in [-0.4, -0.2) is 28.8 Å². The number of nitrogens with zero attached hydrogens (tertiary/aromatic N) is 3. The Morgan fingerprint density at radius 1 is 1.04 bits per heavy atom. The zero-order valence-corrected chi connectivity index (χ0v) is 15.4. The van der Waals surface area contributed by atoms with Gasteiger partial charge in [0.25, 0.3) is 5.91 Å². The Balaban J connectivity index is 1.76. The van der Waals surface area contributed by atoms with E-state index in [0.717, 1.165) is 35.8 Å². The molecule has 0 saturated carbocycles. The Labute approximate surface area is 154 Å². The lowest BCUT2D eigenvalue weighted by Crippen LogP contribution is -2.21. The summed E-state index contributed by atoms with van der Waals surface area (Å²) in [4.78, 5) is 14.9. The van der Waals surface area contributed by atoms with Crippen LogP contribution in [0.4, 0.5) is 11.4 Å². The average molecular weight is 348 g/mol. The highest BCUT2D eigenvalue weighted by molar-refractivity contribution is 6.05. The summed E-state index contributed by atoms with van der Waals surface area (Å²) in [6.45, 7) is 8.08. The number of carbonyl (C=O) groups is 1. The minimum atomic E-state index is -0.153. The Morgan fingerprint density at radius 2 is 1.69 bits per heavy atom. The van der Waals surface area contributed by atoms with Crippen LogP contribution in [0.2, 0.25) is 0 Å². The number of hydrogen-bond acceptors (Lipinski definition) is 3. The summed E-state index contributed by atoms with van der Waals surface area (Å²) >= 11 is 0. The van der Waals surface area contributed by atoms with Crippen LogP contribution >= 0.6 is 0 Å². The maximum absolute atomic E-state index is 12.6. The molecule has 134 valence electrons. The maximum Gasteiger partial charge on any atom is 0.259 e. The molecule has 5 heteroatoms. The van der Waals surface area contributed by atoms with Gasteiger partial charge in [-0.3, -0.25) is 4.79 Å². The van der Waals surface area contributed by atoms with Gasteiger partial charge in [0.15, 0.2) is 0 Å². The van der Waals surface area contributed by atoms with E-state index in [9.17, 15) is 4.79 Å². The van der Waals surface area contributed by atoms with E-state index in [0.29, 0.717) is 5.56 Å². The average Bonchev–Trinajstić information content (AvgIpc) is 3.06. The second-order valence-corrected chi connectivity index (χ2v) is 6.06. The first-order valence-electron chi connectivity index (χ1n) is 8.90. The van der Waals surface area contributed by atoms with Gasteiger partial charge in [-0.2, -0.15) is 5.10 Å². The number of para-hydroxylation sites is 1. The van der Waals surface area contributed by atoms with Crippen LogP contribution in [0, 0.1) is 6.92 Å². The summed E-state index contributed by atoms with van der Waals surface area (Å²) in [6.07, 6.45) is 1.61. The van der Waals surface area contributed by atoms with Gasteiger partial charge in [0, 0.05) is 24.5 Å². The first kappa shape index (κ1) is 17.7. The quantitative estimate of drug-likeness (QED) is 0.723. The number of benzene rings is 2. The molecule has 0 unspecified atom stereocenters. The van der Waals surface area contributed by atoms with Crippen molar-refractivity contribution < 1.29 is 4.79 Å². The predicted molar refractivity (Wildman–Crippen MR) is 106 cm³/mol. The number of aromatic nitrogens is 2. The van der Waals surface area contributed by atoms with Gasteiger partial charge in [-0.1, -0.05) is 18.2 Å². The Bertz CT molecular complexity index is 865. The predicted octanol–water partition coefficient (Wildman–Crippen LogP) is 4.28. The molecule has 1 N–H and O–H groups in total. The first-order chi connectivity index (χ1) is 12.6. The maximum atomic E-state index is 12.6. The lowest BCUT2D eigenvalue weighted by atomic mass is 10.2. The van der Waals surface area contributed by atoms with Crippen molar-refractivity contribution in [2.24, 2.45) is 0 Å². The van der Waals surface area contributed by atoms with Crippen molar-refractivity contribution >= 4 is 17.3 Å². The van der Waals surface area contributed by atoms with Gasteiger partial charge in [-0.25, -0.2) is 4.68 Å². The van der Waals surface area contributed by atoms with Crippen molar-refractivity contribution in [1.82, 2.24) is 9.78 Å². The number of carbonyl (C=O) groups excluding carboxylic acids is 1. The van der Waals surface area contributed by atoms with Gasteiger partial charge in [-0.05, 0) is 57.2 Å². The molecule has 0 bridgehead atoms. The molecule has 1 aromatic heterocycles. The number of hydrogen-bond donors (Lipinski definition) is 1. The molecule has 3 rings (SSSR count). The highest BCUT2D eigenvalue weighted by Crippen LogP contribution is 2.19. The van der Waals surface area contributed by atoms with Crippen molar-refractivity contribution in [3.05, 3.63) is 72.1 Å². The molecule has 1 heterocycles. The molecule has 0 atom stereocenters. The van der Waals surface area contributed by atoms with Gasteiger partial charge >= 0.3 is 0 Å². The van der Waals surface area contributed by atoms with E-state index in [1.807, 2.05) is 61.5 Å². The zero-order valence-electron chi connectivity index (χ0n) is 15.4. The minimum Gasteiger partial charge on any atom is -0.372 e. The van der Waals surface area contributed by atoms with E-state index >= 15 is 0 Å². The van der Waals surface area contributed by atoms with Crippen molar-refractivity contribution in [2.75, 3.05) is 23.3 Å². The second-order valence-electron chi connectivity index (χ2n) is 6.06. The highest BCUT2D eigenvalue weighted by atomic mass is 16.1. The molecule has 0 saturated heterocycles. The normalized spacial score (nSPS) is 10.6.